The number of aliphatic carboxylic acids is 1. The van der Waals surface area contributed by atoms with Crippen LogP contribution in [0, 0.1) is 11.3 Å². The highest BCUT2D eigenvalue weighted by atomic mass is 35.5. The molecule has 1 rings (SSSR count). The van der Waals surface area contributed by atoms with Gasteiger partial charge in [0, 0.05) is 15.6 Å². The van der Waals surface area contributed by atoms with Crippen molar-refractivity contribution in [3.63, 3.8) is 0 Å². The molecule has 5 heteroatoms. The van der Waals surface area contributed by atoms with Gasteiger partial charge in [0.2, 0.25) is 0 Å². The Labute approximate surface area is 96.8 Å². The van der Waals surface area contributed by atoms with Gasteiger partial charge in [-0.15, -0.1) is 0 Å². The molecule has 0 aliphatic heterocycles. The first kappa shape index (κ1) is 11.8. The molecule has 0 aliphatic rings. The maximum absolute atomic E-state index is 11.0. The molecule has 1 unspecified atom stereocenters. The zero-order chi connectivity index (χ0) is 11.6. The molecular formula is C10H7Cl2NO2. The van der Waals surface area contributed by atoms with Crippen molar-refractivity contribution >= 4 is 29.2 Å². The van der Waals surface area contributed by atoms with Gasteiger partial charge < -0.3 is 5.11 Å². The Morgan fingerprint density at radius 1 is 1.53 bits per heavy atom. The summed E-state index contributed by atoms with van der Waals surface area (Å²) in [5, 5.41) is 18.4. The summed E-state index contributed by atoms with van der Waals surface area (Å²) in [6.45, 7) is 1.30. The van der Waals surface area contributed by atoms with Gasteiger partial charge >= 0.3 is 5.97 Å². The minimum atomic E-state index is -1.65. The molecule has 0 spiro atoms. The van der Waals surface area contributed by atoms with E-state index in [9.17, 15) is 4.79 Å². The van der Waals surface area contributed by atoms with Gasteiger partial charge in [0.15, 0.2) is 5.41 Å². The molecular weight excluding hydrogens is 237 g/mol. The first-order chi connectivity index (χ1) is 6.91. The molecule has 1 aromatic rings. The van der Waals surface area contributed by atoms with Gasteiger partial charge in [0.1, 0.15) is 0 Å². The molecule has 3 nitrogen and oxygen atoms in total. The Bertz CT molecular complexity index is 453. The van der Waals surface area contributed by atoms with E-state index in [0.29, 0.717) is 5.02 Å². The minimum Gasteiger partial charge on any atom is -0.480 e. The van der Waals surface area contributed by atoms with Crippen LogP contribution in [0.4, 0.5) is 0 Å². The zero-order valence-electron chi connectivity index (χ0n) is 7.79. The molecule has 0 amide bonds. The number of benzene rings is 1. The number of hydrogen-bond acceptors (Lipinski definition) is 2. The molecule has 78 valence electrons. The lowest BCUT2D eigenvalue weighted by Crippen LogP contribution is -2.30. The second-order valence-corrected chi connectivity index (χ2v) is 4.01. The predicted molar refractivity (Wildman–Crippen MR) is 57.1 cm³/mol. The van der Waals surface area contributed by atoms with E-state index >= 15 is 0 Å². The second kappa shape index (κ2) is 4.09. The third-order valence-electron chi connectivity index (χ3n) is 2.12. The number of rotatable bonds is 2. The van der Waals surface area contributed by atoms with Crippen molar-refractivity contribution in [1.29, 1.82) is 5.26 Å². The molecule has 0 saturated carbocycles. The molecule has 0 aliphatic carbocycles. The predicted octanol–water partition coefficient (Wildman–Crippen LogP) is 2.86. The van der Waals surface area contributed by atoms with Gasteiger partial charge in [-0.05, 0) is 19.1 Å². The Morgan fingerprint density at radius 2 is 2.13 bits per heavy atom. The molecule has 1 N–H and O–H groups in total. The fourth-order valence-corrected chi connectivity index (χ4v) is 1.72. The minimum absolute atomic E-state index is 0.175. The first-order valence-electron chi connectivity index (χ1n) is 4.02. The van der Waals surface area contributed by atoms with Crippen molar-refractivity contribution in [2.45, 2.75) is 12.3 Å². The van der Waals surface area contributed by atoms with Crippen LogP contribution >= 0.6 is 23.2 Å². The van der Waals surface area contributed by atoms with Crippen molar-refractivity contribution in [3.05, 3.63) is 33.8 Å². The molecule has 0 radical (unpaired) electrons. The van der Waals surface area contributed by atoms with E-state index in [1.54, 1.807) is 6.07 Å². The summed E-state index contributed by atoms with van der Waals surface area (Å²) in [6, 6.07) is 6.09. The highest BCUT2D eigenvalue weighted by molar-refractivity contribution is 6.35. The highest BCUT2D eigenvalue weighted by Crippen LogP contribution is 2.31. The maximum atomic E-state index is 11.0. The normalized spacial score (nSPS) is 14.0. The van der Waals surface area contributed by atoms with Crippen LogP contribution in [0.25, 0.3) is 0 Å². The molecule has 0 heterocycles. The lowest BCUT2D eigenvalue weighted by atomic mass is 9.84. The van der Waals surface area contributed by atoms with E-state index in [-0.39, 0.29) is 10.6 Å². The van der Waals surface area contributed by atoms with Gasteiger partial charge in [-0.1, -0.05) is 29.3 Å². The fourth-order valence-electron chi connectivity index (χ4n) is 1.12. The van der Waals surface area contributed by atoms with E-state index in [4.69, 9.17) is 33.6 Å². The number of nitriles is 1. The lowest BCUT2D eigenvalue weighted by Gasteiger charge is -2.17. The molecule has 0 bridgehead atoms. The van der Waals surface area contributed by atoms with Crippen molar-refractivity contribution in [1.82, 2.24) is 0 Å². The quantitative estimate of drug-likeness (QED) is 0.869. The second-order valence-electron chi connectivity index (χ2n) is 3.17. The van der Waals surface area contributed by atoms with Crippen molar-refractivity contribution in [2.24, 2.45) is 0 Å². The first-order valence-corrected chi connectivity index (χ1v) is 4.77. The summed E-state index contributed by atoms with van der Waals surface area (Å²) in [7, 11) is 0. The average Bonchev–Trinajstić information content (AvgIpc) is 2.16. The zero-order valence-corrected chi connectivity index (χ0v) is 9.30. The SMILES string of the molecule is CC(C#N)(C(=O)O)c1ccc(Cl)cc1Cl. The Morgan fingerprint density at radius 3 is 2.53 bits per heavy atom. The van der Waals surface area contributed by atoms with E-state index in [1.807, 2.05) is 0 Å². The molecule has 0 fully saturated rings. The Kier molecular flexibility index (Phi) is 3.23. The lowest BCUT2D eigenvalue weighted by molar-refractivity contribution is -0.141. The van der Waals surface area contributed by atoms with Crippen LogP contribution in [0.1, 0.15) is 12.5 Å². The highest BCUT2D eigenvalue weighted by Gasteiger charge is 2.37. The summed E-state index contributed by atoms with van der Waals surface area (Å²) < 4.78 is 0. The number of nitrogens with zero attached hydrogens (tertiary/aromatic N) is 1. The van der Waals surface area contributed by atoms with Crippen LogP contribution < -0.4 is 0 Å². The van der Waals surface area contributed by atoms with E-state index < -0.39 is 11.4 Å². The van der Waals surface area contributed by atoms with Crippen LogP contribution in [0.3, 0.4) is 0 Å². The summed E-state index contributed by atoms with van der Waals surface area (Å²) in [5.74, 6) is -1.24. The maximum Gasteiger partial charge on any atom is 0.328 e. The monoisotopic (exact) mass is 243 g/mol. The van der Waals surface area contributed by atoms with Gasteiger partial charge in [-0.3, -0.25) is 4.79 Å². The number of carboxylic acids is 1. The molecule has 1 atom stereocenters. The van der Waals surface area contributed by atoms with Crippen molar-refractivity contribution < 1.29 is 9.90 Å². The third-order valence-corrected chi connectivity index (χ3v) is 2.67. The molecule has 1 aromatic carbocycles. The van der Waals surface area contributed by atoms with Crippen LogP contribution in [-0.2, 0) is 10.2 Å². The number of halogens is 2. The number of hydrogen-bond donors (Lipinski definition) is 1. The molecule has 15 heavy (non-hydrogen) atoms. The van der Waals surface area contributed by atoms with Crippen molar-refractivity contribution in [2.75, 3.05) is 0 Å². The average molecular weight is 244 g/mol. The summed E-state index contributed by atoms with van der Waals surface area (Å²) in [5.41, 5.74) is -1.41. The van der Waals surface area contributed by atoms with Gasteiger partial charge in [-0.2, -0.15) is 5.26 Å². The third kappa shape index (κ3) is 2.06. The van der Waals surface area contributed by atoms with E-state index in [0.717, 1.165) is 0 Å². The number of carbonyl (C=O) groups is 1. The van der Waals surface area contributed by atoms with Gasteiger partial charge in [-0.25, -0.2) is 0 Å². The summed E-state index contributed by atoms with van der Waals surface area (Å²) in [4.78, 5) is 11.0. The van der Waals surface area contributed by atoms with Crippen LogP contribution in [0.5, 0.6) is 0 Å². The number of carboxylic acid groups (broad SMARTS) is 1. The summed E-state index contributed by atoms with van der Waals surface area (Å²) >= 11 is 11.5. The topological polar surface area (TPSA) is 61.1 Å². The van der Waals surface area contributed by atoms with Gasteiger partial charge in [0.25, 0.3) is 0 Å². The molecule has 0 aromatic heterocycles. The molecule has 0 saturated heterocycles. The Hall–Kier alpha value is -1.24. The van der Waals surface area contributed by atoms with E-state index in [1.165, 1.54) is 25.1 Å². The fraction of sp³-hybridized carbons (Fsp3) is 0.200. The van der Waals surface area contributed by atoms with Crippen LogP contribution in [0.15, 0.2) is 18.2 Å². The Balaban J connectivity index is 3.39. The summed E-state index contributed by atoms with van der Waals surface area (Å²) in [6.07, 6.45) is 0. The smallest absolute Gasteiger partial charge is 0.328 e. The van der Waals surface area contributed by atoms with Crippen LogP contribution in [-0.4, -0.2) is 11.1 Å². The van der Waals surface area contributed by atoms with Gasteiger partial charge in [0.05, 0.1) is 6.07 Å². The largest absolute Gasteiger partial charge is 0.480 e. The van der Waals surface area contributed by atoms with Crippen molar-refractivity contribution in [3.8, 4) is 6.07 Å². The standard InChI is InChI=1S/C10H7Cl2NO2/c1-10(5-13,9(14)15)7-3-2-6(11)4-8(7)12/h2-4H,1H3,(H,14,15). The van der Waals surface area contributed by atoms with Crippen LogP contribution in [0.2, 0.25) is 10.0 Å². The van der Waals surface area contributed by atoms with E-state index in [2.05, 4.69) is 0 Å².